The number of carbonyl (C=O) groups excluding carboxylic acids is 1. The first kappa shape index (κ1) is 25.1. The Hall–Kier alpha value is -3.99. The van der Waals surface area contributed by atoms with Crippen LogP contribution in [0.25, 0.3) is 10.8 Å². The van der Waals surface area contributed by atoms with Crippen molar-refractivity contribution in [2.24, 2.45) is 10.2 Å². The highest BCUT2D eigenvalue weighted by Gasteiger charge is 2.22. The first-order valence-corrected chi connectivity index (χ1v) is 12.3. The van der Waals surface area contributed by atoms with E-state index in [-0.39, 0.29) is 22.0 Å². The summed E-state index contributed by atoms with van der Waals surface area (Å²) in [5.41, 5.74) is 0.688. The van der Waals surface area contributed by atoms with Crippen LogP contribution in [-0.2, 0) is 10.1 Å². The van der Waals surface area contributed by atoms with Gasteiger partial charge in [-0.2, -0.15) is 8.42 Å². The van der Waals surface area contributed by atoms with Crippen molar-refractivity contribution in [3.05, 3.63) is 82.9 Å². The third-order valence-electron chi connectivity index (χ3n) is 5.27. The van der Waals surface area contributed by atoms with Crippen molar-refractivity contribution in [1.82, 2.24) is 0 Å². The number of hydrogen-bond donors (Lipinski definition) is 3. The van der Waals surface area contributed by atoms with Gasteiger partial charge < -0.3 is 15.2 Å². The van der Waals surface area contributed by atoms with Crippen molar-refractivity contribution in [3.8, 4) is 11.5 Å². The molecule has 0 radical (unpaired) electrons. The fourth-order valence-corrected chi connectivity index (χ4v) is 4.84. The van der Waals surface area contributed by atoms with Gasteiger partial charge in [-0.15, -0.1) is 10.2 Å². The maximum atomic E-state index is 13.0. The molecule has 0 fully saturated rings. The van der Waals surface area contributed by atoms with Crippen LogP contribution in [0.15, 0.2) is 81.9 Å². The number of phenols is 1. The summed E-state index contributed by atoms with van der Waals surface area (Å²) in [5, 5.41) is 22.6. The number of halogens is 1. The summed E-state index contributed by atoms with van der Waals surface area (Å²) in [5.74, 6) is -0.447. The van der Waals surface area contributed by atoms with E-state index in [1.165, 1.54) is 25.3 Å². The molecular formula is C25H20ClN3O6S. The van der Waals surface area contributed by atoms with Crippen LogP contribution in [0.5, 0.6) is 11.5 Å². The number of nitrogens with one attached hydrogen (secondary N) is 1. The molecule has 4 rings (SSSR count). The minimum Gasteiger partial charge on any atom is -0.505 e. The van der Waals surface area contributed by atoms with Crippen molar-refractivity contribution in [1.29, 1.82) is 0 Å². The third kappa shape index (κ3) is 5.15. The van der Waals surface area contributed by atoms with Gasteiger partial charge in [-0.3, -0.25) is 9.35 Å². The molecule has 0 saturated heterocycles. The fraction of sp³-hybridized carbons (Fsp3) is 0.0800. The first-order chi connectivity index (χ1) is 17.1. The Bertz CT molecular complexity index is 1620. The zero-order valence-corrected chi connectivity index (χ0v) is 20.6. The number of anilines is 1. The number of benzene rings is 4. The van der Waals surface area contributed by atoms with E-state index in [1.807, 2.05) is 0 Å². The molecule has 3 N–H and O–H groups in total. The van der Waals surface area contributed by atoms with Crippen LogP contribution >= 0.6 is 11.6 Å². The highest BCUT2D eigenvalue weighted by molar-refractivity contribution is 7.86. The van der Waals surface area contributed by atoms with E-state index in [1.54, 1.807) is 55.5 Å². The maximum Gasteiger partial charge on any atom is 0.298 e. The van der Waals surface area contributed by atoms with Gasteiger partial charge >= 0.3 is 0 Å². The van der Waals surface area contributed by atoms with Crippen molar-refractivity contribution >= 4 is 55.5 Å². The average molecular weight is 526 g/mol. The summed E-state index contributed by atoms with van der Waals surface area (Å²) in [6.07, 6.45) is 0. The highest BCUT2D eigenvalue weighted by Crippen LogP contribution is 2.41. The largest absolute Gasteiger partial charge is 0.505 e. The lowest BCUT2D eigenvalue weighted by Crippen LogP contribution is -2.12. The van der Waals surface area contributed by atoms with Crippen molar-refractivity contribution in [2.45, 2.75) is 11.8 Å². The number of aryl methyl sites for hydroxylation is 1. The second kappa shape index (κ2) is 9.94. The van der Waals surface area contributed by atoms with Crippen LogP contribution in [-0.4, -0.2) is 31.1 Å². The van der Waals surface area contributed by atoms with Crippen LogP contribution in [0.1, 0.15) is 15.9 Å². The van der Waals surface area contributed by atoms with Gasteiger partial charge in [0.25, 0.3) is 16.0 Å². The first-order valence-electron chi connectivity index (χ1n) is 10.5. The molecule has 0 atom stereocenters. The van der Waals surface area contributed by atoms with Gasteiger partial charge in [0.2, 0.25) is 0 Å². The maximum absolute atomic E-state index is 13.0. The highest BCUT2D eigenvalue weighted by atomic mass is 35.5. The summed E-state index contributed by atoms with van der Waals surface area (Å²) in [6, 6.07) is 17.8. The summed E-state index contributed by atoms with van der Waals surface area (Å²) in [6.45, 7) is 1.66. The van der Waals surface area contributed by atoms with Gasteiger partial charge in [0.1, 0.15) is 22.0 Å². The van der Waals surface area contributed by atoms with Gasteiger partial charge in [0, 0.05) is 11.1 Å². The SMILES string of the molecule is COc1ccc(NC(=O)c2cc3ccccc3c(N=Nc3cc(C)cc(Cl)c3S(=O)(=O)O)c2O)cc1. The number of ether oxygens (including phenoxy) is 1. The van der Waals surface area contributed by atoms with Gasteiger partial charge in [-0.25, -0.2) is 0 Å². The monoisotopic (exact) mass is 525 g/mol. The Morgan fingerprint density at radius 1 is 1.03 bits per heavy atom. The molecule has 0 saturated carbocycles. The van der Waals surface area contributed by atoms with Crippen LogP contribution in [0, 0.1) is 6.92 Å². The second-order valence-corrected chi connectivity index (χ2v) is 9.56. The lowest BCUT2D eigenvalue weighted by atomic mass is 10.0. The number of hydrogen-bond acceptors (Lipinski definition) is 7. The van der Waals surface area contributed by atoms with E-state index in [0.717, 1.165) is 0 Å². The number of phenolic OH excluding ortho intramolecular Hbond substituents is 1. The number of carbonyl (C=O) groups is 1. The predicted molar refractivity (Wildman–Crippen MR) is 137 cm³/mol. The Balaban J connectivity index is 1.82. The molecule has 9 nitrogen and oxygen atoms in total. The second-order valence-electron chi connectivity index (χ2n) is 7.80. The number of fused-ring (bicyclic) bond motifs is 1. The zero-order chi connectivity index (χ0) is 26.0. The molecule has 4 aromatic rings. The topological polar surface area (TPSA) is 138 Å². The molecule has 0 aliphatic carbocycles. The predicted octanol–water partition coefficient (Wildman–Crippen LogP) is 6.43. The lowest BCUT2D eigenvalue weighted by Gasteiger charge is -2.12. The molecule has 0 bridgehead atoms. The van der Waals surface area contributed by atoms with Crippen LogP contribution in [0.4, 0.5) is 17.1 Å². The molecule has 0 aliphatic rings. The van der Waals surface area contributed by atoms with E-state index in [9.17, 15) is 22.9 Å². The third-order valence-corrected chi connectivity index (χ3v) is 6.63. The van der Waals surface area contributed by atoms with E-state index < -0.39 is 26.7 Å². The molecular weight excluding hydrogens is 506 g/mol. The molecule has 0 aliphatic heterocycles. The van der Waals surface area contributed by atoms with Gasteiger partial charge in [-0.05, 0) is 60.3 Å². The van der Waals surface area contributed by atoms with E-state index in [0.29, 0.717) is 27.8 Å². The Labute approximate surface area is 211 Å². The molecule has 1 amide bonds. The molecule has 0 unspecified atom stereocenters. The molecule has 0 aromatic heterocycles. The number of amides is 1. The summed E-state index contributed by atoms with van der Waals surface area (Å²) < 4.78 is 38.5. The number of aromatic hydroxyl groups is 1. The number of nitrogens with zero attached hydrogens (tertiary/aromatic N) is 2. The number of rotatable bonds is 6. The zero-order valence-electron chi connectivity index (χ0n) is 19.1. The fourth-order valence-electron chi connectivity index (χ4n) is 3.61. The average Bonchev–Trinajstić information content (AvgIpc) is 2.82. The van der Waals surface area contributed by atoms with Crippen molar-refractivity contribution < 1.29 is 27.6 Å². The van der Waals surface area contributed by atoms with Gasteiger partial charge in [0.15, 0.2) is 5.75 Å². The van der Waals surface area contributed by atoms with E-state index >= 15 is 0 Å². The minimum atomic E-state index is -4.72. The van der Waals surface area contributed by atoms with Crippen LogP contribution in [0.2, 0.25) is 5.02 Å². The molecule has 4 aromatic carbocycles. The standard InChI is InChI=1S/C25H20ClN3O6S/c1-14-11-20(26)24(36(32,33)34)21(12-14)28-29-22-18-6-4-3-5-15(18)13-19(23(22)30)25(31)27-16-7-9-17(35-2)10-8-16/h3-13,30H,1-2H3,(H,27,31)(H,32,33,34). The molecule has 36 heavy (non-hydrogen) atoms. The number of azo groups is 1. The van der Waals surface area contributed by atoms with Crippen molar-refractivity contribution in [2.75, 3.05) is 12.4 Å². The van der Waals surface area contributed by atoms with Crippen LogP contribution in [0.3, 0.4) is 0 Å². The Morgan fingerprint density at radius 3 is 2.39 bits per heavy atom. The normalized spacial score (nSPS) is 11.7. The van der Waals surface area contributed by atoms with E-state index in [4.69, 9.17) is 16.3 Å². The minimum absolute atomic E-state index is 0.0631. The quantitative estimate of drug-likeness (QED) is 0.196. The molecule has 0 spiro atoms. The molecule has 11 heteroatoms. The smallest absolute Gasteiger partial charge is 0.298 e. The van der Waals surface area contributed by atoms with Crippen molar-refractivity contribution in [3.63, 3.8) is 0 Å². The summed E-state index contributed by atoms with van der Waals surface area (Å²) in [7, 11) is -3.19. The molecule has 0 heterocycles. The van der Waals surface area contributed by atoms with E-state index in [2.05, 4.69) is 15.5 Å². The van der Waals surface area contributed by atoms with Crippen LogP contribution < -0.4 is 10.1 Å². The Morgan fingerprint density at radius 2 is 1.72 bits per heavy atom. The Kier molecular flexibility index (Phi) is 6.93. The van der Waals surface area contributed by atoms with Gasteiger partial charge in [-0.1, -0.05) is 35.9 Å². The summed E-state index contributed by atoms with van der Waals surface area (Å²) >= 11 is 6.04. The van der Waals surface area contributed by atoms with Gasteiger partial charge in [0.05, 0.1) is 17.7 Å². The molecule has 184 valence electrons. The summed E-state index contributed by atoms with van der Waals surface area (Å²) in [4.78, 5) is 12.4. The lowest BCUT2D eigenvalue weighted by molar-refractivity contribution is 0.102. The number of methoxy groups -OCH3 is 1.